The fourth-order valence-corrected chi connectivity index (χ4v) is 5.98. The molecule has 1 saturated carbocycles. The molecule has 0 atom stereocenters. The summed E-state index contributed by atoms with van der Waals surface area (Å²) >= 11 is 0. The highest BCUT2D eigenvalue weighted by molar-refractivity contribution is 7.89. The lowest BCUT2D eigenvalue weighted by atomic mass is 9.95. The molecule has 7 nitrogen and oxygen atoms in total. The fraction of sp³-hybridized carbons (Fsp3) is 0.556. The molecule has 1 saturated heterocycles. The van der Waals surface area contributed by atoms with Crippen LogP contribution in [0, 0.1) is 0 Å². The van der Waals surface area contributed by atoms with Crippen molar-refractivity contribution in [3.8, 4) is 0 Å². The highest BCUT2D eigenvalue weighted by Crippen LogP contribution is 2.35. The van der Waals surface area contributed by atoms with E-state index in [2.05, 4.69) is 14.5 Å². The molecule has 138 valence electrons. The quantitative estimate of drug-likeness (QED) is 0.765. The van der Waals surface area contributed by atoms with E-state index in [0.29, 0.717) is 25.6 Å². The van der Waals surface area contributed by atoms with Crippen molar-refractivity contribution in [1.82, 2.24) is 23.8 Å². The van der Waals surface area contributed by atoms with Crippen LogP contribution >= 0.6 is 0 Å². The summed E-state index contributed by atoms with van der Waals surface area (Å²) in [5.74, 6) is 1.10. The van der Waals surface area contributed by atoms with E-state index < -0.39 is 10.0 Å². The van der Waals surface area contributed by atoms with Gasteiger partial charge in [-0.15, -0.1) is 0 Å². The summed E-state index contributed by atoms with van der Waals surface area (Å²) in [6.45, 7) is 0.952. The Balaban J connectivity index is 1.68. The van der Waals surface area contributed by atoms with Gasteiger partial charge in [-0.25, -0.2) is 18.4 Å². The molecule has 3 aromatic rings. The maximum atomic E-state index is 12.3. The number of hydrogen-bond acceptors (Lipinski definition) is 4. The number of fused-ring (bicyclic) bond motifs is 3. The van der Waals surface area contributed by atoms with Crippen LogP contribution < -0.4 is 0 Å². The molecule has 0 spiro atoms. The number of aromatic nitrogens is 4. The number of pyridine rings is 1. The number of hydrogen-bond donors (Lipinski definition) is 1. The van der Waals surface area contributed by atoms with E-state index in [1.165, 1.54) is 19.3 Å². The van der Waals surface area contributed by atoms with Gasteiger partial charge < -0.3 is 9.55 Å². The predicted octanol–water partition coefficient (Wildman–Crippen LogP) is 2.95. The summed E-state index contributed by atoms with van der Waals surface area (Å²) in [5, 5.41) is 1.07. The monoisotopic (exact) mass is 373 g/mol. The number of H-pyrrole nitrogens is 1. The lowest BCUT2D eigenvalue weighted by molar-refractivity contribution is 0.338. The first-order valence-corrected chi connectivity index (χ1v) is 11.1. The molecule has 0 radical (unpaired) electrons. The Morgan fingerprint density at radius 3 is 2.81 bits per heavy atom. The summed E-state index contributed by atoms with van der Waals surface area (Å²) in [6.07, 6.45) is 10.4. The lowest BCUT2D eigenvalue weighted by Gasteiger charge is -2.26. The molecular formula is C18H23N5O2S. The Labute approximate surface area is 152 Å². The first-order valence-electron chi connectivity index (χ1n) is 9.44. The molecule has 1 aliphatic heterocycles. The number of nitrogens with zero attached hydrogens (tertiary/aromatic N) is 4. The van der Waals surface area contributed by atoms with Gasteiger partial charge in [-0.2, -0.15) is 4.31 Å². The first-order chi connectivity index (χ1) is 12.6. The minimum absolute atomic E-state index is 0.250. The van der Waals surface area contributed by atoms with Crippen LogP contribution in [0.15, 0.2) is 18.5 Å². The van der Waals surface area contributed by atoms with Gasteiger partial charge in [-0.05, 0) is 25.3 Å². The second-order valence-electron chi connectivity index (χ2n) is 7.42. The van der Waals surface area contributed by atoms with Gasteiger partial charge in [0.1, 0.15) is 17.0 Å². The summed E-state index contributed by atoms with van der Waals surface area (Å²) in [7, 11) is -3.14. The molecule has 8 heteroatoms. The summed E-state index contributed by atoms with van der Waals surface area (Å²) in [5.41, 5.74) is 2.80. The predicted molar refractivity (Wildman–Crippen MR) is 100 cm³/mol. The standard InChI is InChI=1S/C18H23N5O2S/c24-26(25)10-4-9-22(26)12-16-21-15-11-20-18-14(7-8-19-18)17(15)23(16)13-5-2-1-3-6-13/h7-8,11,13H,1-6,9-10,12H2,(H,19,20). The van der Waals surface area contributed by atoms with Crippen molar-refractivity contribution >= 4 is 32.1 Å². The molecular weight excluding hydrogens is 350 g/mol. The van der Waals surface area contributed by atoms with Gasteiger partial charge in [0.2, 0.25) is 10.0 Å². The van der Waals surface area contributed by atoms with Crippen LogP contribution in [0.4, 0.5) is 0 Å². The van der Waals surface area contributed by atoms with Crippen LogP contribution in [-0.4, -0.2) is 44.5 Å². The van der Waals surface area contributed by atoms with Gasteiger partial charge in [0, 0.05) is 24.2 Å². The molecule has 5 rings (SSSR count). The molecule has 2 fully saturated rings. The molecule has 3 aromatic heterocycles. The third-order valence-electron chi connectivity index (χ3n) is 5.77. The Bertz CT molecular complexity index is 1060. The molecule has 1 N–H and O–H groups in total. The van der Waals surface area contributed by atoms with Crippen LogP contribution in [0.3, 0.4) is 0 Å². The molecule has 2 aliphatic rings. The molecule has 26 heavy (non-hydrogen) atoms. The zero-order valence-electron chi connectivity index (χ0n) is 14.7. The fourth-order valence-electron chi connectivity index (χ4n) is 4.51. The highest BCUT2D eigenvalue weighted by atomic mass is 32.2. The SMILES string of the molecule is O=S1(=O)CCCN1Cc1nc2cnc3[nH]ccc3c2n1C1CCCCC1. The van der Waals surface area contributed by atoms with E-state index in [9.17, 15) is 8.42 Å². The van der Waals surface area contributed by atoms with Crippen LogP contribution in [0.2, 0.25) is 0 Å². The normalized spacial score (nSPS) is 21.8. The number of nitrogens with one attached hydrogen (secondary N) is 1. The molecule has 1 aliphatic carbocycles. The van der Waals surface area contributed by atoms with Crippen LogP contribution in [0.25, 0.3) is 22.1 Å². The van der Waals surface area contributed by atoms with Crippen molar-refractivity contribution in [2.45, 2.75) is 51.1 Å². The van der Waals surface area contributed by atoms with Crippen molar-refractivity contribution in [3.05, 3.63) is 24.3 Å². The first kappa shape index (κ1) is 16.3. The van der Waals surface area contributed by atoms with Gasteiger partial charge >= 0.3 is 0 Å². The highest BCUT2D eigenvalue weighted by Gasteiger charge is 2.31. The zero-order valence-corrected chi connectivity index (χ0v) is 15.5. The summed E-state index contributed by atoms with van der Waals surface area (Å²) in [4.78, 5) is 12.5. The minimum Gasteiger partial charge on any atom is -0.346 e. The molecule has 0 aromatic carbocycles. The van der Waals surface area contributed by atoms with Crippen LogP contribution in [0.5, 0.6) is 0 Å². The van der Waals surface area contributed by atoms with Crippen LogP contribution in [-0.2, 0) is 16.6 Å². The molecule has 0 amide bonds. The second-order valence-corrected chi connectivity index (χ2v) is 9.51. The number of sulfonamides is 1. The molecule has 0 bridgehead atoms. The Morgan fingerprint density at radius 1 is 1.19 bits per heavy atom. The summed E-state index contributed by atoms with van der Waals surface area (Å²) in [6, 6.07) is 2.43. The van der Waals surface area contributed by atoms with E-state index in [-0.39, 0.29) is 5.75 Å². The van der Waals surface area contributed by atoms with E-state index in [4.69, 9.17) is 4.98 Å². The van der Waals surface area contributed by atoms with E-state index in [0.717, 1.165) is 40.7 Å². The van der Waals surface area contributed by atoms with Gasteiger partial charge in [-0.1, -0.05) is 19.3 Å². The van der Waals surface area contributed by atoms with E-state index >= 15 is 0 Å². The second kappa shape index (κ2) is 6.06. The van der Waals surface area contributed by atoms with Gasteiger partial charge in [0.05, 0.1) is 24.0 Å². The lowest BCUT2D eigenvalue weighted by Crippen LogP contribution is -2.28. The van der Waals surface area contributed by atoms with Gasteiger partial charge in [-0.3, -0.25) is 0 Å². The topological polar surface area (TPSA) is 83.9 Å². The van der Waals surface area contributed by atoms with Gasteiger partial charge in [0.15, 0.2) is 0 Å². The average Bonchev–Trinajstić information content (AvgIpc) is 3.32. The Kier molecular flexibility index (Phi) is 3.79. The van der Waals surface area contributed by atoms with Crippen molar-refractivity contribution in [2.24, 2.45) is 0 Å². The molecule has 4 heterocycles. The summed E-state index contributed by atoms with van der Waals surface area (Å²) < 4.78 is 28.5. The van der Waals surface area contributed by atoms with Crippen LogP contribution in [0.1, 0.15) is 50.4 Å². The van der Waals surface area contributed by atoms with E-state index in [1.54, 1.807) is 10.5 Å². The Hall–Kier alpha value is -1.93. The Morgan fingerprint density at radius 2 is 2.04 bits per heavy atom. The maximum absolute atomic E-state index is 12.3. The number of aromatic amines is 1. The van der Waals surface area contributed by atoms with Crippen molar-refractivity contribution in [2.75, 3.05) is 12.3 Å². The van der Waals surface area contributed by atoms with Crippen molar-refractivity contribution < 1.29 is 8.42 Å². The largest absolute Gasteiger partial charge is 0.346 e. The third kappa shape index (κ3) is 2.54. The number of imidazole rings is 1. The maximum Gasteiger partial charge on any atom is 0.214 e. The van der Waals surface area contributed by atoms with Gasteiger partial charge in [0.25, 0.3) is 0 Å². The minimum atomic E-state index is -3.14. The van der Waals surface area contributed by atoms with E-state index in [1.807, 2.05) is 12.3 Å². The molecule has 0 unspecified atom stereocenters. The third-order valence-corrected chi connectivity index (χ3v) is 7.67. The number of rotatable bonds is 3. The smallest absolute Gasteiger partial charge is 0.214 e. The average molecular weight is 373 g/mol. The zero-order chi connectivity index (χ0) is 17.7. The van der Waals surface area contributed by atoms with Crippen molar-refractivity contribution in [3.63, 3.8) is 0 Å². The van der Waals surface area contributed by atoms with Crippen molar-refractivity contribution in [1.29, 1.82) is 0 Å².